The number of unbranched alkanes of at least 4 members (excludes halogenated alkanes) is 1. The number of nitriles is 1. The van der Waals surface area contributed by atoms with Crippen LogP contribution >= 0.6 is 0 Å². The van der Waals surface area contributed by atoms with E-state index in [1.165, 1.54) is 0 Å². The minimum atomic E-state index is -0.620. The maximum atomic E-state index is 11.4. The fourth-order valence-electron chi connectivity index (χ4n) is 1.38. The molecule has 7 nitrogen and oxygen atoms in total. The van der Waals surface area contributed by atoms with Crippen molar-refractivity contribution in [1.29, 1.82) is 5.26 Å². The van der Waals surface area contributed by atoms with Crippen LogP contribution in [0.15, 0.2) is 0 Å². The van der Waals surface area contributed by atoms with Crippen molar-refractivity contribution in [2.24, 2.45) is 5.73 Å². The standard InChI is InChI=1S/C13H24N4O3/c1-13(2,3)20-12(19)17-8-5-4-6-10(15)11(18)16-9-7-14/h10H,4-6,8-9,15H2,1-3H3,(H,16,18)(H,17,19). The molecule has 4 N–H and O–H groups in total. The zero-order valence-electron chi connectivity index (χ0n) is 12.4. The van der Waals surface area contributed by atoms with Crippen LogP contribution in [0.2, 0.25) is 0 Å². The number of hydrogen-bond acceptors (Lipinski definition) is 5. The zero-order chi connectivity index (χ0) is 15.6. The first kappa shape index (κ1) is 18.2. The minimum Gasteiger partial charge on any atom is -0.444 e. The van der Waals surface area contributed by atoms with Gasteiger partial charge in [0.15, 0.2) is 0 Å². The fourth-order valence-corrected chi connectivity index (χ4v) is 1.38. The lowest BCUT2D eigenvalue weighted by atomic mass is 10.1. The first-order valence-electron chi connectivity index (χ1n) is 6.63. The van der Waals surface area contributed by atoms with E-state index in [0.717, 1.165) is 0 Å². The number of hydrogen-bond donors (Lipinski definition) is 3. The summed E-state index contributed by atoms with van der Waals surface area (Å²) in [6, 6.07) is 1.19. The topological polar surface area (TPSA) is 117 Å². The second kappa shape index (κ2) is 9.15. The number of amides is 2. The molecule has 0 spiro atoms. The molecule has 0 bridgehead atoms. The number of nitrogens with one attached hydrogen (secondary N) is 2. The third-order valence-corrected chi connectivity index (χ3v) is 2.29. The van der Waals surface area contributed by atoms with Gasteiger partial charge in [0.05, 0.1) is 12.1 Å². The normalized spacial score (nSPS) is 12.2. The molecule has 2 amide bonds. The van der Waals surface area contributed by atoms with Crippen molar-refractivity contribution in [3.8, 4) is 6.07 Å². The lowest BCUT2D eigenvalue weighted by Crippen LogP contribution is -2.40. The third-order valence-electron chi connectivity index (χ3n) is 2.29. The predicted octanol–water partition coefficient (Wildman–Crippen LogP) is 0.648. The molecule has 1 atom stereocenters. The highest BCUT2D eigenvalue weighted by Gasteiger charge is 2.15. The van der Waals surface area contributed by atoms with Gasteiger partial charge < -0.3 is 21.1 Å². The number of alkyl carbamates (subject to hydrolysis) is 1. The Labute approximate surface area is 119 Å². The Morgan fingerprint density at radius 1 is 1.30 bits per heavy atom. The van der Waals surface area contributed by atoms with Gasteiger partial charge in [0.2, 0.25) is 5.91 Å². The van der Waals surface area contributed by atoms with Crippen molar-refractivity contribution in [3.05, 3.63) is 0 Å². The second-order valence-electron chi connectivity index (χ2n) is 5.41. The molecule has 0 aromatic carbocycles. The van der Waals surface area contributed by atoms with E-state index in [1.54, 1.807) is 20.8 Å². The summed E-state index contributed by atoms with van der Waals surface area (Å²) in [6.07, 6.45) is 1.47. The third kappa shape index (κ3) is 10.1. The van der Waals surface area contributed by atoms with Crippen molar-refractivity contribution in [2.75, 3.05) is 13.1 Å². The summed E-state index contributed by atoms with van der Waals surface area (Å²) in [5, 5.41) is 13.4. The molecule has 0 aliphatic carbocycles. The molecular weight excluding hydrogens is 260 g/mol. The monoisotopic (exact) mass is 284 g/mol. The number of nitrogens with two attached hydrogens (primary N) is 1. The number of carbonyl (C=O) groups excluding carboxylic acids is 2. The van der Waals surface area contributed by atoms with Gasteiger partial charge in [-0.25, -0.2) is 4.79 Å². The Bertz CT molecular complexity index is 358. The predicted molar refractivity (Wildman–Crippen MR) is 74.7 cm³/mol. The van der Waals surface area contributed by atoms with E-state index in [2.05, 4.69) is 10.6 Å². The van der Waals surface area contributed by atoms with Crippen LogP contribution in [0.25, 0.3) is 0 Å². The van der Waals surface area contributed by atoms with Crippen LogP contribution < -0.4 is 16.4 Å². The molecular formula is C13H24N4O3. The summed E-state index contributed by atoms with van der Waals surface area (Å²) in [4.78, 5) is 22.7. The van der Waals surface area contributed by atoms with Crippen LogP contribution in [0.4, 0.5) is 4.79 Å². The van der Waals surface area contributed by atoms with E-state index in [1.807, 2.05) is 6.07 Å². The largest absolute Gasteiger partial charge is 0.444 e. The highest BCUT2D eigenvalue weighted by atomic mass is 16.6. The summed E-state index contributed by atoms with van der Waals surface area (Å²) in [5.41, 5.74) is 5.14. The van der Waals surface area contributed by atoms with Gasteiger partial charge in [-0.1, -0.05) is 0 Å². The van der Waals surface area contributed by atoms with Crippen LogP contribution in [-0.2, 0) is 9.53 Å². The number of carbonyl (C=O) groups is 2. The maximum absolute atomic E-state index is 11.4. The summed E-state index contributed by atoms with van der Waals surface area (Å²) in [5.74, 6) is -0.327. The molecule has 0 aromatic heterocycles. The molecule has 0 fully saturated rings. The molecule has 0 aliphatic rings. The van der Waals surface area contributed by atoms with Crippen molar-refractivity contribution in [3.63, 3.8) is 0 Å². The van der Waals surface area contributed by atoms with Gasteiger partial charge in [0, 0.05) is 6.54 Å². The average molecular weight is 284 g/mol. The van der Waals surface area contributed by atoms with Gasteiger partial charge in [-0.05, 0) is 40.0 Å². The number of nitrogens with zero attached hydrogens (tertiary/aromatic N) is 1. The number of ether oxygens (including phenoxy) is 1. The first-order valence-corrected chi connectivity index (χ1v) is 6.63. The SMILES string of the molecule is CC(C)(C)OC(=O)NCCCCC(N)C(=O)NCC#N. The van der Waals surface area contributed by atoms with Gasteiger partial charge in [-0.2, -0.15) is 5.26 Å². The Balaban J connectivity index is 3.64. The molecule has 0 radical (unpaired) electrons. The van der Waals surface area contributed by atoms with Gasteiger partial charge >= 0.3 is 6.09 Å². The fraction of sp³-hybridized carbons (Fsp3) is 0.769. The summed E-state index contributed by atoms with van der Waals surface area (Å²) < 4.78 is 5.08. The summed E-state index contributed by atoms with van der Waals surface area (Å²) in [6.45, 7) is 5.83. The van der Waals surface area contributed by atoms with Crippen LogP contribution in [0.3, 0.4) is 0 Å². The quantitative estimate of drug-likeness (QED) is 0.468. The van der Waals surface area contributed by atoms with Gasteiger partial charge in [0.1, 0.15) is 12.1 Å². The Hall–Kier alpha value is -1.81. The van der Waals surface area contributed by atoms with E-state index >= 15 is 0 Å². The molecule has 7 heteroatoms. The van der Waals surface area contributed by atoms with Crippen LogP contribution in [0, 0.1) is 11.3 Å². The molecule has 0 heterocycles. The molecule has 114 valence electrons. The maximum Gasteiger partial charge on any atom is 0.407 e. The molecule has 0 rings (SSSR count). The molecule has 0 aliphatic heterocycles. The highest BCUT2D eigenvalue weighted by Crippen LogP contribution is 2.06. The number of rotatable bonds is 7. The molecule has 1 unspecified atom stereocenters. The van der Waals surface area contributed by atoms with Crippen LogP contribution in [-0.4, -0.2) is 36.7 Å². The first-order chi connectivity index (χ1) is 9.26. The molecule has 0 saturated carbocycles. The summed E-state index contributed by atoms with van der Waals surface area (Å²) in [7, 11) is 0. The van der Waals surface area contributed by atoms with E-state index in [4.69, 9.17) is 15.7 Å². The van der Waals surface area contributed by atoms with Gasteiger partial charge in [-0.15, -0.1) is 0 Å². The lowest BCUT2D eigenvalue weighted by molar-refractivity contribution is -0.122. The van der Waals surface area contributed by atoms with Crippen molar-refractivity contribution in [1.82, 2.24) is 10.6 Å². The van der Waals surface area contributed by atoms with Crippen LogP contribution in [0.5, 0.6) is 0 Å². The molecule has 20 heavy (non-hydrogen) atoms. The average Bonchev–Trinajstić information content (AvgIpc) is 2.32. The van der Waals surface area contributed by atoms with Crippen molar-refractivity contribution < 1.29 is 14.3 Å². The minimum absolute atomic E-state index is 0.0350. The molecule has 0 aromatic rings. The van der Waals surface area contributed by atoms with Crippen LogP contribution in [0.1, 0.15) is 40.0 Å². The van der Waals surface area contributed by atoms with Crippen molar-refractivity contribution in [2.45, 2.75) is 51.7 Å². The van der Waals surface area contributed by atoms with E-state index in [-0.39, 0.29) is 12.5 Å². The smallest absolute Gasteiger partial charge is 0.407 e. The van der Waals surface area contributed by atoms with E-state index in [0.29, 0.717) is 25.8 Å². The van der Waals surface area contributed by atoms with E-state index in [9.17, 15) is 9.59 Å². The summed E-state index contributed by atoms with van der Waals surface area (Å²) >= 11 is 0. The Kier molecular flexibility index (Phi) is 8.32. The van der Waals surface area contributed by atoms with Crippen molar-refractivity contribution >= 4 is 12.0 Å². The highest BCUT2D eigenvalue weighted by molar-refractivity contribution is 5.81. The molecule has 0 saturated heterocycles. The Morgan fingerprint density at radius 3 is 2.50 bits per heavy atom. The van der Waals surface area contributed by atoms with E-state index < -0.39 is 17.7 Å². The van der Waals surface area contributed by atoms with Gasteiger partial charge in [-0.3, -0.25) is 4.79 Å². The van der Waals surface area contributed by atoms with Gasteiger partial charge in [0.25, 0.3) is 0 Å². The lowest BCUT2D eigenvalue weighted by Gasteiger charge is -2.19. The second-order valence-corrected chi connectivity index (χ2v) is 5.41. The Morgan fingerprint density at radius 2 is 1.95 bits per heavy atom. The zero-order valence-corrected chi connectivity index (χ0v) is 12.4.